The van der Waals surface area contributed by atoms with E-state index in [9.17, 15) is 9.59 Å². The van der Waals surface area contributed by atoms with Crippen LogP contribution in [0.4, 0.5) is 0 Å². The Morgan fingerprint density at radius 3 is 2.52 bits per heavy atom. The average molecular weight is 415 g/mol. The molecule has 3 aromatic heterocycles. The van der Waals surface area contributed by atoms with Crippen molar-refractivity contribution in [3.8, 4) is 0 Å². The summed E-state index contributed by atoms with van der Waals surface area (Å²) in [6.45, 7) is 4.19. The summed E-state index contributed by atoms with van der Waals surface area (Å²) < 4.78 is 0. The molecule has 0 fully saturated rings. The van der Waals surface area contributed by atoms with Crippen LogP contribution in [0.25, 0.3) is 11.0 Å². The summed E-state index contributed by atoms with van der Waals surface area (Å²) in [7, 11) is 0. The number of fused-ring (bicyclic) bond motifs is 1. The number of pyridine rings is 1. The lowest BCUT2D eigenvalue weighted by molar-refractivity contribution is -0.123. The van der Waals surface area contributed by atoms with Gasteiger partial charge in [0.1, 0.15) is 17.4 Å². The van der Waals surface area contributed by atoms with Crippen LogP contribution in [0.2, 0.25) is 0 Å². The van der Waals surface area contributed by atoms with Crippen molar-refractivity contribution >= 4 is 22.8 Å². The molecule has 7 nitrogen and oxygen atoms in total. The standard InChI is InChI=1S/C24H25N5O2/c1-15-3-5-17(6-4-15)12-20(29-24(31)21-16(2)7-9-25-21)23(30)28-14-18-11-19-8-10-26-22(19)27-13-18/h3-11,13,20,25H,12,14H2,1-2H3,(H,26,27)(H,28,30)(H,29,31)/t20-/m0/s1. The first-order chi connectivity index (χ1) is 15.0. The molecule has 0 aliphatic carbocycles. The van der Waals surface area contributed by atoms with Gasteiger partial charge >= 0.3 is 0 Å². The summed E-state index contributed by atoms with van der Waals surface area (Å²) in [6, 6.07) is 13.0. The fourth-order valence-corrected chi connectivity index (χ4v) is 3.49. The summed E-state index contributed by atoms with van der Waals surface area (Å²) >= 11 is 0. The first-order valence-electron chi connectivity index (χ1n) is 10.2. The van der Waals surface area contributed by atoms with E-state index < -0.39 is 6.04 Å². The van der Waals surface area contributed by atoms with Crippen LogP contribution in [0.1, 0.15) is 32.7 Å². The van der Waals surface area contributed by atoms with Crippen LogP contribution >= 0.6 is 0 Å². The molecular weight excluding hydrogens is 390 g/mol. The van der Waals surface area contributed by atoms with Crippen molar-refractivity contribution in [2.24, 2.45) is 0 Å². The van der Waals surface area contributed by atoms with E-state index in [1.54, 1.807) is 12.4 Å². The Morgan fingerprint density at radius 1 is 1.00 bits per heavy atom. The van der Waals surface area contributed by atoms with E-state index in [1.807, 2.05) is 62.5 Å². The quantitative estimate of drug-likeness (QED) is 0.373. The van der Waals surface area contributed by atoms with Gasteiger partial charge in [-0.1, -0.05) is 29.8 Å². The molecule has 2 amide bonds. The minimum atomic E-state index is -0.707. The van der Waals surface area contributed by atoms with Crippen molar-refractivity contribution in [1.29, 1.82) is 0 Å². The summed E-state index contributed by atoms with van der Waals surface area (Å²) in [4.78, 5) is 36.1. The van der Waals surface area contributed by atoms with Crippen molar-refractivity contribution in [2.45, 2.75) is 32.9 Å². The first kappa shape index (κ1) is 20.4. The number of nitrogens with one attached hydrogen (secondary N) is 4. The van der Waals surface area contributed by atoms with Crippen molar-refractivity contribution in [3.05, 3.63) is 89.0 Å². The topological polar surface area (TPSA) is 103 Å². The Balaban J connectivity index is 1.48. The summed E-state index contributed by atoms with van der Waals surface area (Å²) in [6.07, 6.45) is 5.67. The Kier molecular flexibility index (Phi) is 5.84. The smallest absolute Gasteiger partial charge is 0.268 e. The number of amides is 2. The number of aromatic amines is 2. The lowest BCUT2D eigenvalue weighted by Crippen LogP contribution is -2.48. The molecule has 0 unspecified atom stereocenters. The minimum Gasteiger partial charge on any atom is -0.357 e. The molecule has 1 atom stereocenters. The maximum Gasteiger partial charge on any atom is 0.268 e. The van der Waals surface area contributed by atoms with E-state index in [0.29, 0.717) is 18.7 Å². The van der Waals surface area contributed by atoms with Gasteiger partial charge in [-0.05, 0) is 48.7 Å². The fraction of sp³-hybridized carbons (Fsp3) is 0.208. The zero-order chi connectivity index (χ0) is 21.8. The third-order valence-corrected chi connectivity index (χ3v) is 5.29. The molecule has 4 aromatic rings. The van der Waals surface area contributed by atoms with E-state index in [2.05, 4.69) is 25.6 Å². The molecule has 0 aliphatic rings. The number of benzene rings is 1. The van der Waals surface area contributed by atoms with Gasteiger partial charge in [-0.3, -0.25) is 9.59 Å². The molecule has 4 rings (SSSR count). The zero-order valence-corrected chi connectivity index (χ0v) is 17.5. The van der Waals surface area contributed by atoms with Crippen LogP contribution in [0.5, 0.6) is 0 Å². The number of aryl methyl sites for hydroxylation is 2. The second-order valence-electron chi connectivity index (χ2n) is 7.73. The predicted molar refractivity (Wildman–Crippen MR) is 120 cm³/mol. The van der Waals surface area contributed by atoms with E-state index in [-0.39, 0.29) is 11.8 Å². The van der Waals surface area contributed by atoms with Crippen LogP contribution in [-0.4, -0.2) is 32.8 Å². The molecule has 0 saturated carbocycles. The highest BCUT2D eigenvalue weighted by Gasteiger charge is 2.23. The van der Waals surface area contributed by atoms with Crippen LogP contribution in [0.3, 0.4) is 0 Å². The Labute approximate surface area is 180 Å². The monoisotopic (exact) mass is 415 g/mol. The van der Waals surface area contributed by atoms with Crippen molar-refractivity contribution < 1.29 is 9.59 Å². The van der Waals surface area contributed by atoms with Crippen molar-refractivity contribution in [1.82, 2.24) is 25.6 Å². The molecular formula is C24H25N5O2. The molecule has 0 aliphatic heterocycles. The first-order valence-corrected chi connectivity index (χ1v) is 10.2. The van der Waals surface area contributed by atoms with Crippen LogP contribution in [-0.2, 0) is 17.8 Å². The molecule has 0 radical (unpaired) electrons. The second kappa shape index (κ2) is 8.87. The molecule has 31 heavy (non-hydrogen) atoms. The number of carbonyl (C=O) groups excluding carboxylic acids is 2. The van der Waals surface area contributed by atoms with E-state index >= 15 is 0 Å². The van der Waals surface area contributed by atoms with Crippen molar-refractivity contribution in [2.75, 3.05) is 0 Å². The zero-order valence-electron chi connectivity index (χ0n) is 17.5. The van der Waals surface area contributed by atoms with Gasteiger partial charge < -0.3 is 20.6 Å². The van der Waals surface area contributed by atoms with E-state index in [1.165, 1.54) is 0 Å². The largest absolute Gasteiger partial charge is 0.357 e. The summed E-state index contributed by atoms with van der Waals surface area (Å²) in [5.41, 5.74) is 5.11. The number of aromatic nitrogens is 3. The predicted octanol–water partition coefficient (Wildman–Crippen LogP) is 3.17. The number of H-pyrrole nitrogens is 2. The van der Waals surface area contributed by atoms with Crippen LogP contribution in [0.15, 0.2) is 61.1 Å². The minimum absolute atomic E-state index is 0.243. The van der Waals surface area contributed by atoms with Gasteiger partial charge in [-0.2, -0.15) is 0 Å². The second-order valence-corrected chi connectivity index (χ2v) is 7.73. The summed E-state index contributed by atoms with van der Waals surface area (Å²) in [5.74, 6) is -0.544. The van der Waals surface area contributed by atoms with E-state index in [0.717, 1.165) is 33.3 Å². The molecule has 0 spiro atoms. The number of hydrogen-bond acceptors (Lipinski definition) is 3. The third kappa shape index (κ3) is 4.83. The van der Waals surface area contributed by atoms with E-state index in [4.69, 9.17) is 0 Å². The molecule has 4 N–H and O–H groups in total. The molecule has 0 bridgehead atoms. The average Bonchev–Trinajstić information content (AvgIpc) is 3.41. The van der Waals surface area contributed by atoms with Gasteiger partial charge in [0.2, 0.25) is 5.91 Å². The fourth-order valence-electron chi connectivity index (χ4n) is 3.49. The molecule has 7 heteroatoms. The van der Waals surface area contributed by atoms with Gasteiger partial charge in [-0.25, -0.2) is 4.98 Å². The highest BCUT2D eigenvalue weighted by Crippen LogP contribution is 2.12. The number of carbonyl (C=O) groups is 2. The Bertz CT molecular complexity index is 1210. The van der Waals surface area contributed by atoms with Crippen molar-refractivity contribution in [3.63, 3.8) is 0 Å². The number of hydrogen-bond donors (Lipinski definition) is 4. The normalized spacial score (nSPS) is 11.9. The highest BCUT2D eigenvalue weighted by atomic mass is 16.2. The third-order valence-electron chi connectivity index (χ3n) is 5.29. The maximum absolute atomic E-state index is 13.0. The van der Waals surface area contributed by atoms with Gasteiger partial charge in [0.05, 0.1) is 0 Å². The maximum atomic E-state index is 13.0. The molecule has 3 heterocycles. The number of rotatable bonds is 7. The number of nitrogens with zero attached hydrogens (tertiary/aromatic N) is 1. The van der Waals surface area contributed by atoms with Gasteiger partial charge in [0.15, 0.2) is 0 Å². The summed E-state index contributed by atoms with van der Waals surface area (Å²) in [5, 5.41) is 6.81. The van der Waals surface area contributed by atoms with Gasteiger partial charge in [-0.15, -0.1) is 0 Å². The van der Waals surface area contributed by atoms with Gasteiger partial charge in [0, 0.05) is 36.9 Å². The van der Waals surface area contributed by atoms with Crippen LogP contribution in [0, 0.1) is 13.8 Å². The Morgan fingerprint density at radius 2 is 1.77 bits per heavy atom. The lowest BCUT2D eigenvalue weighted by atomic mass is 10.0. The van der Waals surface area contributed by atoms with Crippen LogP contribution < -0.4 is 10.6 Å². The molecule has 0 saturated heterocycles. The van der Waals surface area contributed by atoms with Gasteiger partial charge in [0.25, 0.3) is 5.91 Å². The Hall–Kier alpha value is -3.87. The highest BCUT2D eigenvalue weighted by molar-refractivity contribution is 5.97. The molecule has 158 valence electrons. The molecule has 1 aromatic carbocycles. The SMILES string of the molecule is Cc1ccc(C[C@H](NC(=O)c2[nH]ccc2C)C(=O)NCc2cnc3[nH]ccc3c2)cc1. The lowest BCUT2D eigenvalue weighted by Gasteiger charge is -2.19.